The zero-order chi connectivity index (χ0) is 14.5. The normalized spacial score (nSPS) is 22.9. The minimum absolute atomic E-state index is 0.0381. The van der Waals surface area contributed by atoms with Gasteiger partial charge in [-0.05, 0) is 37.3 Å². The van der Waals surface area contributed by atoms with Crippen LogP contribution >= 0.6 is 0 Å². The van der Waals surface area contributed by atoms with Crippen molar-refractivity contribution in [1.29, 1.82) is 0 Å². The van der Waals surface area contributed by atoms with Gasteiger partial charge in [-0.2, -0.15) is 0 Å². The van der Waals surface area contributed by atoms with Crippen molar-refractivity contribution >= 4 is 5.91 Å². The van der Waals surface area contributed by atoms with Crippen LogP contribution < -0.4 is 10.1 Å². The van der Waals surface area contributed by atoms with Crippen molar-refractivity contribution in [2.45, 2.75) is 45.1 Å². The van der Waals surface area contributed by atoms with Crippen molar-refractivity contribution in [2.75, 3.05) is 7.11 Å². The molecule has 0 radical (unpaired) electrons. The van der Waals surface area contributed by atoms with Crippen molar-refractivity contribution < 1.29 is 14.6 Å². The van der Waals surface area contributed by atoms with E-state index >= 15 is 0 Å². The number of rotatable bonds is 3. The maximum atomic E-state index is 12.2. The average molecular weight is 277 g/mol. The molecule has 2 N–H and O–H groups in total. The van der Waals surface area contributed by atoms with E-state index in [1.807, 2.05) is 0 Å². The fourth-order valence-electron chi connectivity index (χ4n) is 2.73. The number of hydrogen-bond donors (Lipinski definition) is 2. The Morgan fingerprint density at radius 1 is 1.30 bits per heavy atom. The van der Waals surface area contributed by atoms with Gasteiger partial charge in [0, 0.05) is 12.1 Å². The fraction of sp³-hybridized carbons (Fsp3) is 0.562. The standard InChI is InChI=1S/C16H23NO3/c1-11-4-3-5-12(7-6-11)17-16(19)14-9-8-13(20-2)10-15(14)18/h8-12,18H,3-7H2,1-2H3,(H,17,19). The molecule has 1 aromatic carbocycles. The summed E-state index contributed by atoms with van der Waals surface area (Å²) in [5.41, 5.74) is 0.308. The van der Waals surface area contributed by atoms with Crippen LogP contribution in [0.25, 0.3) is 0 Å². The highest BCUT2D eigenvalue weighted by molar-refractivity contribution is 5.97. The minimum Gasteiger partial charge on any atom is -0.507 e. The Morgan fingerprint density at radius 3 is 2.80 bits per heavy atom. The Hall–Kier alpha value is -1.71. The van der Waals surface area contributed by atoms with E-state index in [4.69, 9.17) is 4.74 Å². The summed E-state index contributed by atoms with van der Waals surface area (Å²) >= 11 is 0. The molecule has 1 fully saturated rings. The fourth-order valence-corrected chi connectivity index (χ4v) is 2.73. The minimum atomic E-state index is -0.204. The quantitative estimate of drug-likeness (QED) is 0.835. The van der Waals surface area contributed by atoms with Gasteiger partial charge in [0.25, 0.3) is 5.91 Å². The molecule has 0 aromatic heterocycles. The summed E-state index contributed by atoms with van der Waals surface area (Å²) in [6.07, 6.45) is 5.58. The Balaban J connectivity index is 2.00. The van der Waals surface area contributed by atoms with Gasteiger partial charge in [0.05, 0.1) is 12.7 Å². The summed E-state index contributed by atoms with van der Waals surface area (Å²) in [6, 6.07) is 4.96. The Bertz CT molecular complexity index is 473. The van der Waals surface area contributed by atoms with Gasteiger partial charge in [-0.3, -0.25) is 4.79 Å². The second-order valence-corrected chi connectivity index (χ2v) is 5.67. The molecule has 1 aliphatic carbocycles. The first-order chi connectivity index (χ1) is 9.60. The van der Waals surface area contributed by atoms with Crippen LogP contribution in [-0.2, 0) is 0 Å². The molecular formula is C16H23NO3. The van der Waals surface area contributed by atoms with E-state index < -0.39 is 0 Å². The number of hydrogen-bond acceptors (Lipinski definition) is 3. The van der Waals surface area contributed by atoms with E-state index in [0.717, 1.165) is 31.6 Å². The molecule has 0 bridgehead atoms. The Labute approximate surface area is 120 Å². The number of phenolic OH excluding ortho intramolecular Hbond substituents is 1. The number of carbonyl (C=O) groups is 1. The lowest BCUT2D eigenvalue weighted by atomic mass is 10.0. The molecule has 0 saturated heterocycles. The number of carbonyl (C=O) groups excluding carboxylic acids is 1. The summed E-state index contributed by atoms with van der Waals surface area (Å²) in [6.45, 7) is 2.26. The van der Waals surface area contributed by atoms with Gasteiger partial charge in [-0.15, -0.1) is 0 Å². The molecule has 2 atom stereocenters. The summed E-state index contributed by atoms with van der Waals surface area (Å²) in [5.74, 6) is 1.04. The van der Waals surface area contributed by atoms with Gasteiger partial charge in [-0.1, -0.05) is 19.8 Å². The van der Waals surface area contributed by atoms with Crippen molar-refractivity contribution in [3.63, 3.8) is 0 Å². The van der Waals surface area contributed by atoms with Crippen molar-refractivity contribution in [3.05, 3.63) is 23.8 Å². The highest BCUT2D eigenvalue weighted by Gasteiger charge is 2.20. The van der Waals surface area contributed by atoms with E-state index in [0.29, 0.717) is 11.3 Å². The lowest BCUT2D eigenvalue weighted by molar-refractivity contribution is 0.0930. The van der Waals surface area contributed by atoms with E-state index in [1.54, 1.807) is 12.1 Å². The van der Waals surface area contributed by atoms with Crippen molar-refractivity contribution in [3.8, 4) is 11.5 Å². The largest absolute Gasteiger partial charge is 0.507 e. The number of methoxy groups -OCH3 is 1. The monoisotopic (exact) mass is 277 g/mol. The molecule has 1 saturated carbocycles. The first-order valence-corrected chi connectivity index (χ1v) is 7.28. The van der Waals surface area contributed by atoms with Crippen molar-refractivity contribution in [1.82, 2.24) is 5.32 Å². The molecular weight excluding hydrogens is 254 g/mol. The molecule has 1 aliphatic rings. The molecule has 2 rings (SSSR count). The van der Waals surface area contributed by atoms with Crippen LogP contribution in [0.3, 0.4) is 0 Å². The molecule has 4 heteroatoms. The second kappa shape index (κ2) is 6.64. The topological polar surface area (TPSA) is 58.6 Å². The third kappa shape index (κ3) is 3.65. The number of amides is 1. The predicted octanol–water partition coefficient (Wildman–Crippen LogP) is 3.10. The zero-order valence-electron chi connectivity index (χ0n) is 12.2. The van der Waals surface area contributed by atoms with Gasteiger partial charge in [0.2, 0.25) is 0 Å². The van der Waals surface area contributed by atoms with E-state index in [2.05, 4.69) is 12.2 Å². The zero-order valence-corrected chi connectivity index (χ0v) is 12.2. The third-order valence-corrected chi connectivity index (χ3v) is 4.04. The first-order valence-electron chi connectivity index (χ1n) is 7.28. The lowest BCUT2D eigenvalue weighted by Gasteiger charge is -2.17. The van der Waals surface area contributed by atoms with Crippen LogP contribution in [0, 0.1) is 5.92 Å². The van der Waals surface area contributed by atoms with Crippen LogP contribution in [0.4, 0.5) is 0 Å². The maximum absolute atomic E-state index is 12.2. The highest BCUT2D eigenvalue weighted by atomic mass is 16.5. The molecule has 0 heterocycles. The van der Waals surface area contributed by atoms with E-state index in [-0.39, 0.29) is 17.7 Å². The van der Waals surface area contributed by atoms with Crippen molar-refractivity contribution in [2.24, 2.45) is 5.92 Å². The smallest absolute Gasteiger partial charge is 0.255 e. The van der Waals surface area contributed by atoms with Crippen LogP contribution in [0.2, 0.25) is 0 Å². The average Bonchev–Trinajstić information content (AvgIpc) is 2.63. The lowest BCUT2D eigenvalue weighted by Crippen LogP contribution is -2.34. The summed E-state index contributed by atoms with van der Waals surface area (Å²) in [5, 5.41) is 12.9. The third-order valence-electron chi connectivity index (χ3n) is 4.04. The highest BCUT2D eigenvalue weighted by Crippen LogP contribution is 2.25. The Morgan fingerprint density at radius 2 is 2.10 bits per heavy atom. The second-order valence-electron chi connectivity index (χ2n) is 5.67. The molecule has 1 amide bonds. The van der Waals surface area contributed by atoms with Gasteiger partial charge in [0.1, 0.15) is 11.5 Å². The summed E-state index contributed by atoms with van der Waals surface area (Å²) in [7, 11) is 1.53. The number of aromatic hydroxyl groups is 1. The molecule has 20 heavy (non-hydrogen) atoms. The molecule has 0 aliphatic heterocycles. The summed E-state index contributed by atoms with van der Waals surface area (Å²) < 4.78 is 5.02. The molecule has 4 nitrogen and oxygen atoms in total. The van der Waals surface area contributed by atoms with E-state index in [9.17, 15) is 9.90 Å². The number of ether oxygens (including phenoxy) is 1. The van der Waals surface area contributed by atoms with E-state index in [1.165, 1.54) is 19.6 Å². The van der Waals surface area contributed by atoms with Crippen LogP contribution in [-0.4, -0.2) is 24.2 Å². The number of nitrogens with one attached hydrogen (secondary N) is 1. The van der Waals surface area contributed by atoms with Gasteiger partial charge >= 0.3 is 0 Å². The molecule has 110 valence electrons. The SMILES string of the molecule is COc1ccc(C(=O)NC2CCCC(C)CC2)c(O)c1. The summed E-state index contributed by atoms with van der Waals surface area (Å²) in [4.78, 5) is 12.2. The van der Waals surface area contributed by atoms with Crippen LogP contribution in [0.15, 0.2) is 18.2 Å². The van der Waals surface area contributed by atoms with Crippen LogP contribution in [0.1, 0.15) is 49.4 Å². The maximum Gasteiger partial charge on any atom is 0.255 e. The number of phenols is 1. The van der Waals surface area contributed by atoms with Gasteiger partial charge in [0.15, 0.2) is 0 Å². The number of benzene rings is 1. The molecule has 0 spiro atoms. The van der Waals surface area contributed by atoms with Gasteiger partial charge < -0.3 is 15.2 Å². The predicted molar refractivity (Wildman–Crippen MR) is 78.2 cm³/mol. The first kappa shape index (κ1) is 14.7. The Kier molecular flexibility index (Phi) is 4.88. The molecule has 2 unspecified atom stereocenters. The van der Waals surface area contributed by atoms with Gasteiger partial charge in [-0.25, -0.2) is 0 Å². The van der Waals surface area contributed by atoms with Crippen LogP contribution in [0.5, 0.6) is 11.5 Å². The molecule has 1 aromatic rings.